The minimum atomic E-state index is -0.660. The van der Waals surface area contributed by atoms with Crippen LogP contribution in [0.3, 0.4) is 0 Å². The SMILES string of the molecule is Cc1cccc(O[C@H](C)C(=O)NCCn2nc(-n3cncn3)ccc2=O)c1C. The number of nitrogens with one attached hydrogen (secondary N) is 1. The summed E-state index contributed by atoms with van der Waals surface area (Å²) >= 11 is 0. The third-order valence-electron chi connectivity index (χ3n) is 4.36. The van der Waals surface area contributed by atoms with Crippen LogP contribution < -0.4 is 15.6 Å². The molecule has 1 N–H and O–H groups in total. The molecular weight excluding hydrogens is 360 g/mol. The van der Waals surface area contributed by atoms with Gasteiger partial charge in [-0.25, -0.2) is 14.3 Å². The van der Waals surface area contributed by atoms with Gasteiger partial charge in [-0.1, -0.05) is 12.1 Å². The van der Waals surface area contributed by atoms with Crippen LogP contribution in [0.4, 0.5) is 0 Å². The Balaban J connectivity index is 1.57. The van der Waals surface area contributed by atoms with Gasteiger partial charge in [0.1, 0.15) is 18.4 Å². The van der Waals surface area contributed by atoms with Gasteiger partial charge >= 0.3 is 0 Å². The van der Waals surface area contributed by atoms with Crippen molar-refractivity contribution in [1.82, 2.24) is 29.9 Å². The van der Waals surface area contributed by atoms with Crippen LogP contribution in [0.1, 0.15) is 18.1 Å². The molecule has 28 heavy (non-hydrogen) atoms. The number of nitrogens with zero attached hydrogens (tertiary/aromatic N) is 5. The third-order valence-corrected chi connectivity index (χ3v) is 4.36. The minimum absolute atomic E-state index is 0.225. The Kier molecular flexibility index (Phi) is 5.83. The van der Waals surface area contributed by atoms with E-state index in [0.29, 0.717) is 11.6 Å². The van der Waals surface area contributed by atoms with Gasteiger partial charge < -0.3 is 10.1 Å². The average Bonchev–Trinajstić information content (AvgIpc) is 3.21. The highest BCUT2D eigenvalue weighted by atomic mass is 16.5. The number of hydrogen-bond acceptors (Lipinski definition) is 6. The third kappa shape index (κ3) is 4.43. The van der Waals surface area contributed by atoms with E-state index in [9.17, 15) is 9.59 Å². The number of carbonyl (C=O) groups excluding carboxylic acids is 1. The quantitative estimate of drug-likeness (QED) is 0.654. The molecule has 2 heterocycles. The number of ether oxygens (including phenoxy) is 1. The smallest absolute Gasteiger partial charge is 0.266 e. The van der Waals surface area contributed by atoms with Crippen molar-refractivity contribution < 1.29 is 9.53 Å². The van der Waals surface area contributed by atoms with E-state index in [1.54, 1.807) is 13.0 Å². The molecule has 3 aromatic rings. The van der Waals surface area contributed by atoms with Gasteiger partial charge in [0.05, 0.1) is 6.54 Å². The van der Waals surface area contributed by atoms with Crippen molar-refractivity contribution >= 4 is 5.91 Å². The van der Waals surface area contributed by atoms with E-state index in [2.05, 4.69) is 20.5 Å². The Hall–Kier alpha value is -3.49. The summed E-state index contributed by atoms with van der Waals surface area (Å²) in [6.45, 7) is 6.10. The van der Waals surface area contributed by atoms with Gasteiger partial charge in [-0.3, -0.25) is 9.59 Å². The summed E-state index contributed by atoms with van der Waals surface area (Å²) in [6, 6.07) is 8.68. The molecule has 0 saturated heterocycles. The maximum absolute atomic E-state index is 12.3. The van der Waals surface area contributed by atoms with Gasteiger partial charge in [0.2, 0.25) is 0 Å². The van der Waals surface area contributed by atoms with E-state index < -0.39 is 6.10 Å². The van der Waals surface area contributed by atoms with Crippen molar-refractivity contribution in [3.63, 3.8) is 0 Å². The predicted octanol–water partition coefficient (Wildman–Crippen LogP) is 1.02. The maximum atomic E-state index is 12.3. The Morgan fingerprint density at radius 3 is 2.82 bits per heavy atom. The summed E-state index contributed by atoms with van der Waals surface area (Å²) in [5, 5.41) is 11.0. The molecule has 0 aliphatic rings. The lowest BCUT2D eigenvalue weighted by atomic mass is 10.1. The first-order valence-electron chi connectivity index (χ1n) is 8.89. The number of hydrogen-bond donors (Lipinski definition) is 1. The molecule has 0 saturated carbocycles. The summed E-state index contributed by atoms with van der Waals surface area (Å²) in [5.74, 6) is 0.887. The first kappa shape index (κ1) is 19.3. The highest BCUT2D eigenvalue weighted by Gasteiger charge is 2.15. The van der Waals surface area contributed by atoms with Crippen LogP contribution in [0.15, 0.2) is 47.8 Å². The van der Waals surface area contributed by atoms with E-state index in [1.165, 1.54) is 28.1 Å². The zero-order valence-corrected chi connectivity index (χ0v) is 16.0. The van der Waals surface area contributed by atoms with Crippen molar-refractivity contribution in [3.8, 4) is 11.6 Å². The van der Waals surface area contributed by atoms with Gasteiger partial charge in [-0.2, -0.15) is 5.10 Å². The summed E-state index contributed by atoms with van der Waals surface area (Å²) in [7, 11) is 0. The van der Waals surface area contributed by atoms with Gasteiger partial charge in [0.25, 0.3) is 11.5 Å². The van der Waals surface area contributed by atoms with Crippen LogP contribution in [-0.4, -0.2) is 43.1 Å². The first-order chi connectivity index (χ1) is 13.5. The molecule has 3 rings (SSSR count). The normalized spacial score (nSPS) is 11.8. The molecule has 0 aliphatic carbocycles. The van der Waals surface area contributed by atoms with Crippen molar-refractivity contribution in [2.24, 2.45) is 0 Å². The van der Waals surface area contributed by atoms with E-state index in [1.807, 2.05) is 32.0 Å². The predicted molar refractivity (Wildman–Crippen MR) is 102 cm³/mol. The van der Waals surface area contributed by atoms with Crippen LogP contribution >= 0.6 is 0 Å². The summed E-state index contributed by atoms with van der Waals surface area (Å²) in [5.41, 5.74) is 1.84. The zero-order chi connectivity index (χ0) is 20.1. The van der Waals surface area contributed by atoms with E-state index in [-0.39, 0.29) is 24.6 Å². The molecule has 0 radical (unpaired) electrons. The lowest BCUT2D eigenvalue weighted by molar-refractivity contribution is -0.127. The van der Waals surface area contributed by atoms with Crippen LogP contribution in [0.5, 0.6) is 5.75 Å². The molecule has 1 aromatic carbocycles. The van der Waals surface area contributed by atoms with Crippen LogP contribution in [0.25, 0.3) is 5.82 Å². The summed E-state index contributed by atoms with van der Waals surface area (Å²) in [4.78, 5) is 28.1. The van der Waals surface area contributed by atoms with Crippen LogP contribution in [-0.2, 0) is 11.3 Å². The highest BCUT2D eigenvalue weighted by molar-refractivity contribution is 5.80. The van der Waals surface area contributed by atoms with E-state index >= 15 is 0 Å². The summed E-state index contributed by atoms with van der Waals surface area (Å²) in [6.07, 6.45) is 2.21. The molecule has 0 aliphatic heterocycles. The minimum Gasteiger partial charge on any atom is -0.481 e. The van der Waals surface area contributed by atoms with Crippen molar-refractivity contribution in [2.45, 2.75) is 33.4 Å². The zero-order valence-electron chi connectivity index (χ0n) is 16.0. The number of aryl methyl sites for hydroxylation is 1. The second-order valence-corrected chi connectivity index (χ2v) is 6.34. The number of aromatic nitrogens is 5. The second kappa shape index (κ2) is 8.47. The molecule has 146 valence electrons. The number of amides is 1. The lowest BCUT2D eigenvalue weighted by Crippen LogP contribution is -2.39. The van der Waals surface area contributed by atoms with Crippen molar-refractivity contribution in [1.29, 1.82) is 0 Å². The van der Waals surface area contributed by atoms with Gasteiger partial charge in [0.15, 0.2) is 11.9 Å². The Labute approximate surface area is 162 Å². The maximum Gasteiger partial charge on any atom is 0.266 e. The highest BCUT2D eigenvalue weighted by Crippen LogP contribution is 2.21. The number of carbonyl (C=O) groups is 1. The van der Waals surface area contributed by atoms with E-state index in [4.69, 9.17) is 4.74 Å². The first-order valence-corrected chi connectivity index (χ1v) is 8.89. The molecule has 0 spiro atoms. The largest absolute Gasteiger partial charge is 0.481 e. The molecule has 0 fully saturated rings. The van der Waals surface area contributed by atoms with Gasteiger partial charge in [-0.15, -0.1) is 5.10 Å². The number of benzene rings is 1. The Morgan fingerprint density at radius 1 is 1.25 bits per heavy atom. The monoisotopic (exact) mass is 382 g/mol. The number of rotatable bonds is 7. The fourth-order valence-corrected chi connectivity index (χ4v) is 2.57. The molecular formula is C19H22N6O3. The average molecular weight is 382 g/mol. The Morgan fingerprint density at radius 2 is 2.07 bits per heavy atom. The molecule has 2 aromatic heterocycles. The molecule has 1 amide bonds. The molecule has 0 bridgehead atoms. The van der Waals surface area contributed by atoms with Gasteiger partial charge in [-0.05, 0) is 44.0 Å². The van der Waals surface area contributed by atoms with Crippen molar-refractivity contribution in [2.75, 3.05) is 6.54 Å². The summed E-state index contributed by atoms with van der Waals surface area (Å²) < 4.78 is 8.49. The molecule has 9 nitrogen and oxygen atoms in total. The Bertz CT molecular complexity index is 1010. The lowest BCUT2D eigenvalue weighted by Gasteiger charge is -2.17. The topological polar surface area (TPSA) is 104 Å². The van der Waals surface area contributed by atoms with Crippen LogP contribution in [0.2, 0.25) is 0 Å². The molecule has 9 heteroatoms. The molecule has 0 unspecified atom stereocenters. The van der Waals surface area contributed by atoms with Gasteiger partial charge in [0, 0.05) is 12.6 Å². The molecule has 1 atom stereocenters. The van der Waals surface area contributed by atoms with E-state index in [0.717, 1.165) is 11.1 Å². The fraction of sp³-hybridized carbons (Fsp3) is 0.316. The standard InChI is InChI=1S/C19H22N6O3/c1-13-5-4-6-16(14(13)2)28-15(3)19(27)21-9-10-24-18(26)8-7-17(23-24)25-12-20-11-22-25/h4-8,11-12,15H,9-10H2,1-3H3,(H,21,27)/t15-/m1/s1. The van der Waals surface area contributed by atoms with Crippen molar-refractivity contribution in [3.05, 3.63) is 64.5 Å². The fourth-order valence-electron chi connectivity index (χ4n) is 2.57. The second-order valence-electron chi connectivity index (χ2n) is 6.34. The van der Waals surface area contributed by atoms with Crippen LogP contribution in [0, 0.1) is 13.8 Å².